The molecule has 2 aromatic heterocycles. The number of nitrogens with one attached hydrogen (secondary N) is 2. The van der Waals surface area contributed by atoms with Crippen LogP contribution in [0.5, 0.6) is 5.75 Å². The van der Waals surface area contributed by atoms with Crippen LogP contribution < -0.4 is 15.0 Å². The van der Waals surface area contributed by atoms with E-state index < -0.39 is 5.54 Å². The number of hydrogen-bond acceptors (Lipinski definition) is 7. The van der Waals surface area contributed by atoms with Gasteiger partial charge in [0, 0.05) is 26.1 Å². The third kappa shape index (κ3) is 4.38. The van der Waals surface area contributed by atoms with Crippen LogP contribution >= 0.6 is 11.3 Å². The fraction of sp³-hybridized carbons (Fsp3) is 0.391. The highest BCUT2D eigenvalue weighted by Crippen LogP contribution is 2.43. The minimum absolute atomic E-state index is 0.199. The van der Waals surface area contributed by atoms with E-state index in [0.29, 0.717) is 24.4 Å². The number of rotatable bonds is 8. The van der Waals surface area contributed by atoms with Crippen molar-refractivity contribution in [3.05, 3.63) is 53.2 Å². The van der Waals surface area contributed by atoms with E-state index in [1.807, 2.05) is 56.4 Å². The van der Waals surface area contributed by atoms with E-state index in [-0.39, 0.29) is 5.91 Å². The van der Waals surface area contributed by atoms with Gasteiger partial charge in [0.05, 0.1) is 23.9 Å². The highest BCUT2D eigenvalue weighted by Gasteiger charge is 2.39. The van der Waals surface area contributed by atoms with Gasteiger partial charge in [-0.3, -0.25) is 9.89 Å². The number of anilines is 1. The smallest absolute Gasteiger partial charge is 0.256 e. The van der Waals surface area contributed by atoms with Crippen molar-refractivity contribution in [3.8, 4) is 5.75 Å². The molecule has 32 heavy (non-hydrogen) atoms. The Kier molecular flexibility index (Phi) is 6.27. The zero-order chi connectivity index (χ0) is 22.7. The number of carbonyl (C=O) groups is 1. The zero-order valence-electron chi connectivity index (χ0n) is 18.8. The monoisotopic (exact) mass is 452 g/mol. The first kappa shape index (κ1) is 22.0. The van der Waals surface area contributed by atoms with Crippen LogP contribution in [0.15, 0.2) is 36.8 Å². The van der Waals surface area contributed by atoms with Gasteiger partial charge >= 0.3 is 0 Å². The third-order valence-electron chi connectivity index (χ3n) is 5.55. The van der Waals surface area contributed by atoms with Crippen LogP contribution in [0.2, 0.25) is 0 Å². The molecule has 0 radical (unpaired) electrons. The highest BCUT2D eigenvalue weighted by molar-refractivity contribution is 7.16. The lowest BCUT2D eigenvalue weighted by atomic mass is 9.80. The number of hydrogen-bond donors (Lipinski definition) is 2. The predicted molar refractivity (Wildman–Crippen MR) is 127 cm³/mol. The maximum Gasteiger partial charge on any atom is 0.256 e. The van der Waals surface area contributed by atoms with Gasteiger partial charge in [0.2, 0.25) is 0 Å². The highest BCUT2D eigenvalue weighted by atomic mass is 32.1. The quantitative estimate of drug-likeness (QED) is 0.504. The molecule has 3 aromatic rings. The maximum absolute atomic E-state index is 13.3. The van der Waals surface area contributed by atoms with Gasteiger partial charge in [0.1, 0.15) is 22.1 Å². The number of ether oxygens (including phenoxy) is 1. The Bertz CT molecular complexity index is 1100. The molecule has 8 nitrogen and oxygen atoms in total. The van der Waals surface area contributed by atoms with E-state index in [2.05, 4.69) is 32.4 Å². The van der Waals surface area contributed by atoms with Crippen LogP contribution in [0.4, 0.5) is 5.00 Å². The number of benzene rings is 1. The molecule has 1 aromatic carbocycles. The molecule has 1 amide bonds. The van der Waals surface area contributed by atoms with Gasteiger partial charge in [-0.25, -0.2) is 9.97 Å². The van der Waals surface area contributed by atoms with Crippen LogP contribution in [0, 0.1) is 0 Å². The van der Waals surface area contributed by atoms with Gasteiger partial charge in [0.25, 0.3) is 5.91 Å². The minimum atomic E-state index is -0.595. The van der Waals surface area contributed by atoms with Crippen molar-refractivity contribution in [2.45, 2.75) is 38.6 Å². The average Bonchev–Trinajstić information content (AvgIpc) is 3.46. The molecule has 0 spiro atoms. The molecule has 168 valence electrons. The number of aromatic nitrogens is 4. The van der Waals surface area contributed by atoms with Crippen molar-refractivity contribution < 1.29 is 9.53 Å². The van der Waals surface area contributed by atoms with Gasteiger partial charge in [0.15, 0.2) is 5.82 Å². The lowest BCUT2D eigenvalue weighted by molar-refractivity contribution is -0.117. The molecule has 1 atom stereocenters. The molecule has 3 heterocycles. The number of aromatic amines is 1. The Hall–Kier alpha value is -3.20. The Balaban J connectivity index is 1.70. The fourth-order valence-electron chi connectivity index (χ4n) is 3.73. The summed E-state index contributed by atoms with van der Waals surface area (Å²) in [6.07, 6.45) is 5.93. The molecule has 0 saturated heterocycles. The number of thiazole rings is 1. The molecule has 1 unspecified atom stereocenters. The Morgan fingerprint density at radius 3 is 2.62 bits per heavy atom. The van der Waals surface area contributed by atoms with Crippen molar-refractivity contribution in [2.75, 3.05) is 25.6 Å². The van der Waals surface area contributed by atoms with E-state index in [4.69, 9.17) is 4.74 Å². The molecular weight excluding hydrogens is 424 g/mol. The van der Waals surface area contributed by atoms with E-state index >= 15 is 0 Å². The number of carbonyl (C=O) groups excluding carboxylic acids is 1. The van der Waals surface area contributed by atoms with Gasteiger partial charge in [-0.15, -0.1) is 0 Å². The molecule has 0 fully saturated rings. The first-order valence-corrected chi connectivity index (χ1v) is 11.5. The summed E-state index contributed by atoms with van der Waals surface area (Å²) in [6, 6.07) is 7.97. The number of nitrogens with zero attached hydrogens (tertiary/aromatic N) is 4. The second-order valence-electron chi connectivity index (χ2n) is 8.28. The van der Waals surface area contributed by atoms with Crippen LogP contribution in [0.25, 0.3) is 11.1 Å². The molecule has 4 rings (SSSR count). The van der Waals surface area contributed by atoms with E-state index in [9.17, 15) is 4.79 Å². The Morgan fingerprint density at radius 1 is 1.22 bits per heavy atom. The zero-order valence-corrected chi connectivity index (χ0v) is 19.6. The molecular formula is C23H28N6O2S. The molecule has 1 aliphatic rings. The molecule has 0 aliphatic carbocycles. The van der Waals surface area contributed by atoms with E-state index in [0.717, 1.165) is 39.7 Å². The summed E-state index contributed by atoms with van der Waals surface area (Å²) in [7, 11) is 3.95. The topological polar surface area (TPSA) is 96.0 Å². The number of H-pyrrole nitrogens is 1. The lowest BCUT2D eigenvalue weighted by Gasteiger charge is -2.36. The summed E-state index contributed by atoms with van der Waals surface area (Å²) >= 11 is 1.55. The van der Waals surface area contributed by atoms with Crippen molar-refractivity contribution in [3.63, 3.8) is 0 Å². The Morgan fingerprint density at radius 2 is 2.00 bits per heavy atom. The first-order valence-electron chi connectivity index (χ1n) is 10.7. The average molecular weight is 453 g/mol. The summed E-state index contributed by atoms with van der Waals surface area (Å²) in [5.74, 6) is 1.08. The maximum atomic E-state index is 13.3. The van der Waals surface area contributed by atoms with E-state index in [1.54, 1.807) is 11.3 Å². The minimum Gasteiger partial charge on any atom is -0.494 e. The molecule has 1 aliphatic heterocycles. The molecule has 9 heteroatoms. The normalized spacial score (nSPS) is 18.6. The lowest BCUT2D eigenvalue weighted by Crippen LogP contribution is -2.47. The number of amides is 1. The predicted octanol–water partition coefficient (Wildman–Crippen LogP) is 3.85. The molecule has 0 saturated carbocycles. The third-order valence-corrected chi connectivity index (χ3v) is 6.78. The summed E-state index contributed by atoms with van der Waals surface area (Å²) < 4.78 is 5.80. The summed E-state index contributed by atoms with van der Waals surface area (Å²) in [5, 5.41) is 11.8. The Labute approximate surface area is 191 Å². The van der Waals surface area contributed by atoms with Crippen molar-refractivity contribution in [1.82, 2.24) is 25.5 Å². The van der Waals surface area contributed by atoms with Crippen LogP contribution in [0.1, 0.15) is 49.5 Å². The van der Waals surface area contributed by atoms with Crippen LogP contribution in [-0.4, -0.2) is 46.8 Å². The molecule has 2 N–H and O–H groups in total. The van der Waals surface area contributed by atoms with Gasteiger partial charge in [-0.2, -0.15) is 5.10 Å². The number of unbranched alkanes of at least 4 members (excludes halogenated alkanes) is 1. The van der Waals surface area contributed by atoms with E-state index in [1.165, 1.54) is 6.33 Å². The van der Waals surface area contributed by atoms with Crippen molar-refractivity contribution in [1.29, 1.82) is 0 Å². The van der Waals surface area contributed by atoms with Gasteiger partial charge in [-0.05, 0) is 31.0 Å². The van der Waals surface area contributed by atoms with Crippen molar-refractivity contribution in [2.24, 2.45) is 0 Å². The second-order valence-corrected chi connectivity index (χ2v) is 9.28. The summed E-state index contributed by atoms with van der Waals surface area (Å²) in [4.78, 5) is 24.2. The second kappa shape index (κ2) is 9.12. The fourth-order valence-corrected chi connectivity index (χ4v) is 4.62. The van der Waals surface area contributed by atoms with Gasteiger partial charge < -0.3 is 15.0 Å². The summed E-state index contributed by atoms with van der Waals surface area (Å²) in [5.41, 5.74) is 1.75. The standard InChI is InChI=1S/C23H28N6O2S/c1-5-6-11-31-16-9-7-15(8-10-16)23(2)12-17(22-24-13-18(32-22)29(3)4)19(21(30)27-23)20-25-14-26-28-20/h7-10,13-14H,5-6,11-12H2,1-4H3,(H,27,30)(H,25,26,28). The van der Waals surface area contributed by atoms with Crippen LogP contribution in [-0.2, 0) is 10.3 Å². The first-order chi connectivity index (χ1) is 15.4. The van der Waals surface area contributed by atoms with Crippen LogP contribution in [0.3, 0.4) is 0 Å². The van der Waals surface area contributed by atoms with Gasteiger partial charge in [-0.1, -0.05) is 36.8 Å². The summed E-state index contributed by atoms with van der Waals surface area (Å²) in [6.45, 7) is 4.88. The van der Waals surface area contributed by atoms with Crippen molar-refractivity contribution >= 4 is 33.4 Å². The largest absolute Gasteiger partial charge is 0.494 e. The molecule has 0 bridgehead atoms. The SMILES string of the molecule is CCCCOc1ccc(C2(C)CC(c3ncc(N(C)C)s3)=C(c3ncn[nH]3)C(=O)N2)cc1.